The summed E-state index contributed by atoms with van der Waals surface area (Å²) in [6.07, 6.45) is 1.45. The quantitative estimate of drug-likeness (QED) is 0.800. The molecule has 2 amide bonds. The Bertz CT molecular complexity index is 781. The minimum atomic E-state index is -0.801. The Morgan fingerprint density at radius 2 is 1.70 bits per heavy atom. The van der Waals surface area contributed by atoms with Crippen LogP contribution in [0, 0.1) is 0 Å². The number of imide groups is 1. The molecule has 1 aliphatic heterocycles. The molecule has 1 aromatic carbocycles. The first kappa shape index (κ1) is 14.7. The fourth-order valence-electron chi connectivity index (χ4n) is 2.18. The molecule has 0 spiro atoms. The van der Waals surface area contributed by atoms with Crippen molar-refractivity contribution in [3.05, 3.63) is 59.3 Å². The Morgan fingerprint density at radius 3 is 2.26 bits per heavy atom. The van der Waals surface area contributed by atoms with Crippen molar-refractivity contribution in [2.75, 3.05) is 19.0 Å². The topological polar surface area (TPSA) is 79.8 Å². The van der Waals surface area contributed by atoms with Crippen molar-refractivity contribution >= 4 is 23.6 Å². The van der Waals surface area contributed by atoms with Gasteiger partial charge in [-0.25, -0.2) is 9.78 Å². The van der Waals surface area contributed by atoms with E-state index in [9.17, 15) is 14.4 Å². The average molecular weight is 311 g/mol. The number of aromatic nitrogens is 1. The molecule has 0 saturated heterocycles. The summed E-state index contributed by atoms with van der Waals surface area (Å²) in [4.78, 5) is 47.3. The molecule has 0 aliphatic carbocycles. The highest BCUT2D eigenvalue weighted by molar-refractivity contribution is 6.21. The van der Waals surface area contributed by atoms with Gasteiger partial charge in [0, 0.05) is 20.3 Å². The monoisotopic (exact) mass is 311 g/mol. The highest BCUT2D eigenvalue weighted by Gasteiger charge is 2.38. The molecule has 0 unspecified atom stereocenters. The van der Waals surface area contributed by atoms with E-state index in [4.69, 9.17) is 4.84 Å². The van der Waals surface area contributed by atoms with Gasteiger partial charge in [0.25, 0.3) is 11.8 Å². The second-order valence-corrected chi connectivity index (χ2v) is 5.13. The molecule has 0 bridgehead atoms. The maximum absolute atomic E-state index is 12.2. The number of hydrogen-bond donors (Lipinski definition) is 0. The van der Waals surface area contributed by atoms with Crippen LogP contribution in [0.5, 0.6) is 0 Å². The molecule has 1 aromatic heterocycles. The van der Waals surface area contributed by atoms with Gasteiger partial charge in [0.15, 0.2) is 0 Å². The largest absolute Gasteiger partial charge is 0.364 e. The lowest BCUT2D eigenvalue weighted by atomic mass is 10.1. The minimum absolute atomic E-state index is 0.195. The van der Waals surface area contributed by atoms with Crippen LogP contribution in [-0.4, -0.2) is 41.9 Å². The van der Waals surface area contributed by atoms with Crippen molar-refractivity contribution in [2.45, 2.75) is 0 Å². The van der Waals surface area contributed by atoms with Gasteiger partial charge >= 0.3 is 5.97 Å². The van der Waals surface area contributed by atoms with Crippen LogP contribution in [0.15, 0.2) is 42.6 Å². The van der Waals surface area contributed by atoms with Crippen molar-refractivity contribution in [1.82, 2.24) is 10.0 Å². The lowest BCUT2D eigenvalue weighted by molar-refractivity contribution is -0.0584. The van der Waals surface area contributed by atoms with E-state index in [1.54, 1.807) is 31.1 Å². The summed E-state index contributed by atoms with van der Waals surface area (Å²) in [7, 11) is 3.56. The van der Waals surface area contributed by atoms with E-state index in [0.717, 1.165) is 0 Å². The average Bonchev–Trinajstić information content (AvgIpc) is 2.80. The zero-order valence-corrected chi connectivity index (χ0v) is 12.5. The van der Waals surface area contributed by atoms with Crippen molar-refractivity contribution in [3.63, 3.8) is 0 Å². The summed E-state index contributed by atoms with van der Waals surface area (Å²) >= 11 is 0. The van der Waals surface area contributed by atoms with E-state index in [-0.39, 0.29) is 16.7 Å². The summed E-state index contributed by atoms with van der Waals surface area (Å²) < 4.78 is 0. The third kappa shape index (κ3) is 2.52. The number of rotatable bonds is 3. The zero-order valence-electron chi connectivity index (χ0n) is 12.5. The van der Waals surface area contributed by atoms with Crippen molar-refractivity contribution in [3.8, 4) is 0 Å². The summed E-state index contributed by atoms with van der Waals surface area (Å²) in [6, 6.07) is 9.27. The Labute approximate surface area is 132 Å². The van der Waals surface area contributed by atoms with E-state index < -0.39 is 17.8 Å². The molecule has 7 nitrogen and oxygen atoms in total. The molecule has 23 heavy (non-hydrogen) atoms. The van der Waals surface area contributed by atoms with Gasteiger partial charge in [0.1, 0.15) is 5.82 Å². The standard InChI is InChI=1S/C16H13N3O4/c1-18(2)13-9-10(7-8-17-13)16(22)23-19-14(20)11-5-3-4-6-12(11)15(19)21/h3-9H,1-2H3. The Kier molecular flexibility index (Phi) is 3.53. The zero-order chi connectivity index (χ0) is 16.6. The highest BCUT2D eigenvalue weighted by Crippen LogP contribution is 2.23. The van der Waals surface area contributed by atoms with E-state index in [1.807, 2.05) is 0 Å². The van der Waals surface area contributed by atoms with Crippen molar-refractivity contribution in [1.29, 1.82) is 0 Å². The summed E-state index contributed by atoms with van der Waals surface area (Å²) in [6.45, 7) is 0. The smallest absolute Gasteiger partial charge is 0.363 e. The highest BCUT2D eigenvalue weighted by atomic mass is 16.7. The van der Waals surface area contributed by atoms with Gasteiger partial charge in [-0.15, -0.1) is 0 Å². The van der Waals surface area contributed by atoms with Crippen LogP contribution >= 0.6 is 0 Å². The maximum Gasteiger partial charge on any atom is 0.364 e. The van der Waals surface area contributed by atoms with Gasteiger partial charge in [-0.3, -0.25) is 9.59 Å². The summed E-state index contributed by atoms with van der Waals surface area (Å²) in [5, 5.41) is 0.489. The van der Waals surface area contributed by atoms with Crippen LogP contribution in [-0.2, 0) is 4.84 Å². The normalized spacial score (nSPS) is 13.0. The molecule has 0 atom stereocenters. The van der Waals surface area contributed by atoms with Crippen molar-refractivity contribution in [2.24, 2.45) is 0 Å². The molecule has 1 aliphatic rings. The van der Waals surface area contributed by atoms with Crippen LogP contribution in [0.2, 0.25) is 0 Å². The molecular formula is C16H13N3O4. The molecule has 2 heterocycles. The molecule has 2 aromatic rings. The van der Waals surface area contributed by atoms with Gasteiger partial charge in [-0.05, 0) is 24.3 Å². The summed E-state index contributed by atoms with van der Waals surface area (Å²) in [5.74, 6) is -1.55. The van der Waals surface area contributed by atoms with Crippen molar-refractivity contribution < 1.29 is 19.2 Å². The molecule has 0 saturated carbocycles. The number of anilines is 1. The van der Waals surface area contributed by atoms with Crippen LogP contribution in [0.3, 0.4) is 0 Å². The minimum Gasteiger partial charge on any atom is -0.363 e. The number of carbonyl (C=O) groups excluding carboxylic acids is 3. The van der Waals surface area contributed by atoms with E-state index in [2.05, 4.69) is 4.98 Å². The first-order valence-corrected chi connectivity index (χ1v) is 6.82. The molecule has 116 valence electrons. The first-order chi connectivity index (χ1) is 11.0. The SMILES string of the molecule is CN(C)c1cc(C(=O)ON2C(=O)c3ccccc3C2=O)ccn1. The first-order valence-electron chi connectivity index (χ1n) is 6.82. The van der Waals surface area contributed by atoms with Gasteiger partial charge in [-0.1, -0.05) is 17.2 Å². The number of amides is 2. The molecule has 0 N–H and O–H groups in total. The Morgan fingerprint density at radius 1 is 1.09 bits per heavy atom. The van der Waals surface area contributed by atoms with Gasteiger partial charge in [0.2, 0.25) is 0 Å². The van der Waals surface area contributed by atoms with Gasteiger partial charge in [0.05, 0.1) is 16.7 Å². The number of hydroxylamine groups is 2. The van der Waals surface area contributed by atoms with E-state index in [1.165, 1.54) is 30.5 Å². The maximum atomic E-state index is 12.2. The molecular weight excluding hydrogens is 298 g/mol. The van der Waals surface area contributed by atoms with Crippen LogP contribution in [0.4, 0.5) is 5.82 Å². The number of benzene rings is 1. The van der Waals surface area contributed by atoms with E-state index >= 15 is 0 Å². The fourth-order valence-corrected chi connectivity index (χ4v) is 2.18. The molecule has 0 fully saturated rings. The van der Waals surface area contributed by atoms with Crippen LogP contribution < -0.4 is 4.90 Å². The third-order valence-corrected chi connectivity index (χ3v) is 3.37. The number of nitrogens with zero attached hydrogens (tertiary/aromatic N) is 3. The number of pyridine rings is 1. The lowest BCUT2D eigenvalue weighted by Gasteiger charge is -2.14. The second kappa shape index (κ2) is 5.53. The third-order valence-electron chi connectivity index (χ3n) is 3.37. The number of fused-ring (bicyclic) bond motifs is 1. The Hall–Kier alpha value is -3.22. The predicted octanol–water partition coefficient (Wildman–Crippen LogP) is 1.52. The van der Waals surface area contributed by atoms with Crippen LogP contribution in [0.1, 0.15) is 31.1 Å². The fraction of sp³-hybridized carbons (Fsp3) is 0.125. The molecule has 7 heteroatoms. The molecule has 0 radical (unpaired) electrons. The van der Waals surface area contributed by atoms with Gasteiger partial charge < -0.3 is 9.74 Å². The molecule has 3 rings (SSSR count). The predicted molar refractivity (Wildman–Crippen MR) is 80.9 cm³/mol. The van der Waals surface area contributed by atoms with Gasteiger partial charge in [-0.2, -0.15) is 0 Å². The van der Waals surface area contributed by atoms with Crippen LogP contribution in [0.25, 0.3) is 0 Å². The Balaban J connectivity index is 1.83. The summed E-state index contributed by atoms with van der Waals surface area (Å²) in [5.41, 5.74) is 0.628. The number of hydrogen-bond acceptors (Lipinski definition) is 6. The second-order valence-electron chi connectivity index (χ2n) is 5.13. The lowest BCUT2D eigenvalue weighted by Crippen LogP contribution is -2.32. The number of carbonyl (C=O) groups is 3. The van der Waals surface area contributed by atoms with E-state index in [0.29, 0.717) is 10.9 Å².